The molecule has 4 nitrogen and oxygen atoms in total. The summed E-state index contributed by atoms with van der Waals surface area (Å²) in [6.07, 6.45) is 2.23. The molecule has 2 aliphatic rings. The molecule has 0 bridgehead atoms. The van der Waals surface area contributed by atoms with Crippen molar-refractivity contribution in [3.05, 3.63) is 22.2 Å². The third-order valence-corrected chi connectivity index (χ3v) is 3.86. The first-order chi connectivity index (χ1) is 8.10. The molecule has 1 fully saturated rings. The van der Waals surface area contributed by atoms with Crippen LogP contribution < -0.4 is 9.47 Å². The fourth-order valence-corrected chi connectivity index (χ4v) is 2.46. The minimum Gasteiger partial charge on any atom is -0.489 e. The van der Waals surface area contributed by atoms with Gasteiger partial charge in [-0.2, -0.15) is 0 Å². The van der Waals surface area contributed by atoms with Crippen molar-refractivity contribution in [2.75, 3.05) is 13.2 Å². The standard InChI is InChI=1S/C12H11BrO4/c13-8-3-7(11(14)15)4-9-10(8)17-6-12(1-2-12)5-16-9/h3-4H,1-2,5-6H2,(H,14,15). The van der Waals surface area contributed by atoms with E-state index in [1.807, 2.05) is 0 Å². The van der Waals surface area contributed by atoms with Crippen LogP contribution in [0.25, 0.3) is 0 Å². The minimum atomic E-state index is -0.970. The molecule has 1 heterocycles. The van der Waals surface area contributed by atoms with Crippen molar-refractivity contribution < 1.29 is 19.4 Å². The molecule has 3 rings (SSSR count). The number of carboxylic acid groups (broad SMARTS) is 1. The molecule has 1 aliphatic carbocycles. The number of hydrogen-bond donors (Lipinski definition) is 1. The molecule has 0 aromatic heterocycles. The van der Waals surface area contributed by atoms with Gasteiger partial charge in [0.25, 0.3) is 0 Å². The molecular weight excluding hydrogens is 288 g/mol. The van der Waals surface area contributed by atoms with Crippen molar-refractivity contribution in [2.45, 2.75) is 12.8 Å². The van der Waals surface area contributed by atoms with E-state index in [4.69, 9.17) is 14.6 Å². The van der Waals surface area contributed by atoms with Crippen LogP contribution in [0, 0.1) is 5.41 Å². The molecule has 0 radical (unpaired) electrons. The van der Waals surface area contributed by atoms with Crippen LogP contribution in [0.2, 0.25) is 0 Å². The predicted molar refractivity (Wildman–Crippen MR) is 63.8 cm³/mol. The molecule has 1 saturated carbocycles. The molecule has 5 heteroatoms. The molecule has 1 spiro atoms. The number of carbonyl (C=O) groups is 1. The number of ether oxygens (including phenoxy) is 2. The van der Waals surface area contributed by atoms with E-state index in [0.717, 1.165) is 12.8 Å². The normalized spacial score (nSPS) is 19.8. The van der Waals surface area contributed by atoms with Gasteiger partial charge in [-0.25, -0.2) is 4.79 Å². The molecule has 1 aliphatic heterocycles. The summed E-state index contributed by atoms with van der Waals surface area (Å²) in [7, 11) is 0. The first-order valence-corrected chi connectivity index (χ1v) is 6.21. The number of aromatic carboxylic acids is 1. The number of rotatable bonds is 1. The minimum absolute atomic E-state index is 0.155. The van der Waals surface area contributed by atoms with Crippen LogP contribution in [-0.4, -0.2) is 24.3 Å². The highest BCUT2D eigenvalue weighted by Gasteiger charge is 2.46. The number of halogens is 1. The average Bonchev–Trinajstić information content (AvgIpc) is 3.07. The largest absolute Gasteiger partial charge is 0.489 e. The summed E-state index contributed by atoms with van der Waals surface area (Å²) < 4.78 is 12.0. The van der Waals surface area contributed by atoms with Gasteiger partial charge in [-0.1, -0.05) is 0 Å². The third kappa shape index (κ3) is 1.88. The van der Waals surface area contributed by atoms with Gasteiger partial charge >= 0.3 is 5.97 Å². The Labute approximate surface area is 107 Å². The lowest BCUT2D eigenvalue weighted by atomic mass is 10.1. The highest BCUT2D eigenvalue weighted by Crippen LogP contribution is 2.50. The van der Waals surface area contributed by atoms with Crippen LogP contribution in [0.5, 0.6) is 11.5 Å². The van der Waals surface area contributed by atoms with Crippen LogP contribution in [0.1, 0.15) is 23.2 Å². The average molecular weight is 299 g/mol. The van der Waals surface area contributed by atoms with Crippen LogP contribution in [-0.2, 0) is 0 Å². The summed E-state index contributed by atoms with van der Waals surface area (Å²) in [5.41, 5.74) is 0.355. The van der Waals surface area contributed by atoms with Crippen molar-refractivity contribution in [2.24, 2.45) is 5.41 Å². The Bertz CT molecular complexity index is 494. The number of hydrogen-bond acceptors (Lipinski definition) is 3. The lowest BCUT2D eigenvalue weighted by molar-refractivity contribution is 0.0696. The van der Waals surface area contributed by atoms with Crippen LogP contribution >= 0.6 is 15.9 Å². The topological polar surface area (TPSA) is 55.8 Å². The summed E-state index contributed by atoms with van der Waals surface area (Å²) in [6, 6.07) is 3.05. The molecule has 17 heavy (non-hydrogen) atoms. The second-order valence-electron chi connectivity index (χ2n) is 4.67. The highest BCUT2D eigenvalue weighted by atomic mass is 79.9. The van der Waals surface area contributed by atoms with Gasteiger partial charge in [-0.05, 0) is 40.9 Å². The second kappa shape index (κ2) is 3.63. The summed E-state index contributed by atoms with van der Waals surface area (Å²) in [5.74, 6) is 0.154. The molecule has 0 amide bonds. The quantitative estimate of drug-likeness (QED) is 0.866. The van der Waals surface area contributed by atoms with Crippen molar-refractivity contribution in [1.82, 2.24) is 0 Å². The van der Waals surface area contributed by atoms with Crippen molar-refractivity contribution in [3.63, 3.8) is 0 Å². The van der Waals surface area contributed by atoms with Gasteiger partial charge in [-0.15, -0.1) is 0 Å². The Balaban J connectivity index is 2.00. The monoisotopic (exact) mass is 298 g/mol. The fourth-order valence-electron chi connectivity index (χ4n) is 1.90. The number of fused-ring (bicyclic) bond motifs is 1. The Kier molecular flexibility index (Phi) is 2.33. The first kappa shape index (κ1) is 10.9. The van der Waals surface area contributed by atoms with E-state index in [0.29, 0.717) is 29.2 Å². The SMILES string of the molecule is O=C(O)c1cc(Br)c2c(c1)OCC1(CC1)CO2. The van der Waals surface area contributed by atoms with Crippen LogP contribution in [0.3, 0.4) is 0 Å². The summed E-state index contributed by atoms with van der Waals surface area (Å²) in [5, 5.41) is 8.98. The van der Waals surface area contributed by atoms with E-state index >= 15 is 0 Å². The maximum absolute atomic E-state index is 10.9. The van der Waals surface area contributed by atoms with E-state index in [-0.39, 0.29) is 11.0 Å². The smallest absolute Gasteiger partial charge is 0.335 e. The lowest BCUT2D eigenvalue weighted by Crippen LogP contribution is -2.17. The van der Waals surface area contributed by atoms with E-state index in [1.54, 1.807) is 0 Å². The summed E-state index contributed by atoms with van der Waals surface area (Å²) in [6.45, 7) is 1.25. The molecule has 0 atom stereocenters. The van der Waals surface area contributed by atoms with Crippen LogP contribution in [0.4, 0.5) is 0 Å². The van der Waals surface area contributed by atoms with E-state index in [1.165, 1.54) is 12.1 Å². The highest BCUT2D eigenvalue weighted by molar-refractivity contribution is 9.10. The van der Waals surface area contributed by atoms with Gasteiger partial charge in [0.1, 0.15) is 0 Å². The molecular formula is C12H11BrO4. The van der Waals surface area contributed by atoms with Crippen molar-refractivity contribution >= 4 is 21.9 Å². The van der Waals surface area contributed by atoms with Gasteiger partial charge < -0.3 is 14.6 Å². The first-order valence-electron chi connectivity index (χ1n) is 5.42. The lowest BCUT2D eigenvalue weighted by Gasteiger charge is -2.09. The fraction of sp³-hybridized carbons (Fsp3) is 0.417. The maximum atomic E-state index is 10.9. The van der Waals surface area contributed by atoms with Crippen molar-refractivity contribution in [3.8, 4) is 11.5 Å². The summed E-state index contributed by atoms with van der Waals surface area (Å²) >= 11 is 3.33. The number of benzene rings is 1. The Morgan fingerprint density at radius 3 is 2.65 bits per heavy atom. The second-order valence-corrected chi connectivity index (χ2v) is 5.52. The Morgan fingerprint density at radius 2 is 2.00 bits per heavy atom. The molecule has 0 saturated heterocycles. The molecule has 0 unspecified atom stereocenters. The van der Waals surface area contributed by atoms with Gasteiger partial charge in [-0.3, -0.25) is 0 Å². The third-order valence-electron chi connectivity index (χ3n) is 3.27. The van der Waals surface area contributed by atoms with Crippen LogP contribution in [0.15, 0.2) is 16.6 Å². The Hall–Kier alpha value is -1.23. The van der Waals surface area contributed by atoms with E-state index in [9.17, 15) is 4.79 Å². The van der Waals surface area contributed by atoms with Gasteiger partial charge in [0.05, 0.1) is 23.2 Å². The van der Waals surface area contributed by atoms with Gasteiger partial charge in [0, 0.05) is 5.41 Å². The van der Waals surface area contributed by atoms with E-state index in [2.05, 4.69) is 15.9 Å². The maximum Gasteiger partial charge on any atom is 0.335 e. The molecule has 1 aromatic carbocycles. The van der Waals surface area contributed by atoms with Gasteiger partial charge in [0.15, 0.2) is 11.5 Å². The molecule has 90 valence electrons. The molecule has 1 aromatic rings. The predicted octanol–water partition coefficient (Wildman–Crippen LogP) is 2.70. The van der Waals surface area contributed by atoms with Crippen molar-refractivity contribution in [1.29, 1.82) is 0 Å². The zero-order valence-corrected chi connectivity index (χ0v) is 10.6. The van der Waals surface area contributed by atoms with E-state index < -0.39 is 5.97 Å². The van der Waals surface area contributed by atoms with Gasteiger partial charge in [0.2, 0.25) is 0 Å². The summed E-state index contributed by atoms with van der Waals surface area (Å²) in [4.78, 5) is 10.9. The molecule has 1 N–H and O–H groups in total. The zero-order chi connectivity index (χ0) is 12.0. The number of carboxylic acids is 1. The Morgan fingerprint density at radius 1 is 1.29 bits per heavy atom. The zero-order valence-electron chi connectivity index (χ0n) is 9.03.